The van der Waals surface area contributed by atoms with Crippen LogP contribution in [0.4, 0.5) is 0 Å². The largest absolute Gasteiger partial charge is 0.497 e. The summed E-state index contributed by atoms with van der Waals surface area (Å²) in [5, 5.41) is 1.29. The molecule has 0 saturated carbocycles. The number of para-hydroxylation sites is 1. The second-order valence-electron chi connectivity index (χ2n) is 7.35. The number of aromatic nitrogens is 2. The van der Waals surface area contributed by atoms with Gasteiger partial charge in [-0.15, -0.1) is 11.3 Å². The molecule has 2 heterocycles. The molecular weight excluding hydrogens is 428 g/mol. The van der Waals surface area contributed by atoms with Crippen LogP contribution in [0.5, 0.6) is 5.75 Å². The molecular formula is C24H20N2O3S2. The number of Topliss-reactive ketones (excluding diaryl/α,β-unsaturated/α-hetero) is 1. The van der Waals surface area contributed by atoms with Gasteiger partial charge in [-0.2, -0.15) is 0 Å². The summed E-state index contributed by atoms with van der Waals surface area (Å²) >= 11 is 2.92. The average Bonchev–Trinajstić information content (AvgIpc) is 3.39. The van der Waals surface area contributed by atoms with Gasteiger partial charge in [-0.25, -0.2) is 4.98 Å². The Bertz CT molecular complexity index is 1330. The van der Waals surface area contributed by atoms with Gasteiger partial charge in [0, 0.05) is 10.4 Å². The number of ether oxygens (including phenoxy) is 1. The first kappa shape index (κ1) is 20.0. The number of nitrogens with zero attached hydrogens (tertiary/aromatic N) is 2. The van der Waals surface area contributed by atoms with E-state index in [1.165, 1.54) is 16.6 Å². The van der Waals surface area contributed by atoms with Crippen LogP contribution in [0.25, 0.3) is 15.9 Å². The topological polar surface area (TPSA) is 61.2 Å². The van der Waals surface area contributed by atoms with Crippen molar-refractivity contribution < 1.29 is 9.53 Å². The van der Waals surface area contributed by atoms with Crippen molar-refractivity contribution in [3.05, 3.63) is 81.0 Å². The zero-order chi connectivity index (χ0) is 21.4. The molecule has 31 heavy (non-hydrogen) atoms. The Balaban J connectivity index is 1.54. The summed E-state index contributed by atoms with van der Waals surface area (Å²) in [6, 6.07) is 16.6. The summed E-state index contributed by atoms with van der Waals surface area (Å²) < 4.78 is 6.81. The van der Waals surface area contributed by atoms with Crippen molar-refractivity contribution in [1.29, 1.82) is 0 Å². The van der Waals surface area contributed by atoms with Crippen LogP contribution in [0.1, 0.15) is 27.2 Å². The van der Waals surface area contributed by atoms with Crippen molar-refractivity contribution in [3.63, 3.8) is 0 Å². The number of thioether (sulfide) groups is 1. The summed E-state index contributed by atoms with van der Waals surface area (Å²) in [5.74, 6) is 0.887. The van der Waals surface area contributed by atoms with Gasteiger partial charge in [0.15, 0.2) is 10.9 Å². The third-order valence-electron chi connectivity index (χ3n) is 5.47. The van der Waals surface area contributed by atoms with Crippen LogP contribution in [-0.4, -0.2) is 28.2 Å². The SMILES string of the molecule is COc1ccc(C(=O)CSc2nc3sc4c(c3c(=O)n2-c2ccccc2)CCC4)cc1. The van der Waals surface area contributed by atoms with Crippen LogP contribution >= 0.6 is 23.1 Å². The van der Waals surface area contributed by atoms with E-state index in [9.17, 15) is 9.59 Å². The fraction of sp³-hybridized carbons (Fsp3) is 0.208. The molecule has 0 fully saturated rings. The molecule has 2 aromatic carbocycles. The molecule has 156 valence electrons. The first-order valence-electron chi connectivity index (χ1n) is 10.1. The van der Waals surface area contributed by atoms with E-state index in [1.807, 2.05) is 30.3 Å². The smallest absolute Gasteiger partial charge is 0.267 e. The summed E-state index contributed by atoms with van der Waals surface area (Å²) in [6.45, 7) is 0. The van der Waals surface area contributed by atoms with Gasteiger partial charge < -0.3 is 4.74 Å². The molecule has 5 nitrogen and oxygen atoms in total. The maximum absolute atomic E-state index is 13.6. The van der Waals surface area contributed by atoms with E-state index in [2.05, 4.69) is 0 Å². The van der Waals surface area contributed by atoms with Crippen LogP contribution < -0.4 is 10.3 Å². The number of thiophene rings is 1. The van der Waals surface area contributed by atoms with E-state index in [-0.39, 0.29) is 17.1 Å². The fourth-order valence-electron chi connectivity index (χ4n) is 3.92. The zero-order valence-electron chi connectivity index (χ0n) is 17.0. The van der Waals surface area contributed by atoms with Crippen molar-refractivity contribution in [2.75, 3.05) is 12.9 Å². The van der Waals surface area contributed by atoms with Crippen molar-refractivity contribution in [2.45, 2.75) is 24.4 Å². The quantitative estimate of drug-likeness (QED) is 0.238. The number of methoxy groups -OCH3 is 1. The van der Waals surface area contributed by atoms with E-state index < -0.39 is 0 Å². The molecule has 1 aliphatic rings. The Hall–Kier alpha value is -2.90. The monoisotopic (exact) mass is 448 g/mol. The molecule has 4 aromatic rings. The molecule has 5 rings (SSSR count). The maximum atomic E-state index is 13.6. The number of hydrogen-bond donors (Lipinski definition) is 0. The fourth-order valence-corrected chi connectivity index (χ4v) is 6.13. The van der Waals surface area contributed by atoms with Gasteiger partial charge in [0.25, 0.3) is 5.56 Å². The molecule has 2 aromatic heterocycles. The Morgan fingerprint density at radius 2 is 1.90 bits per heavy atom. The molecule has 0 bridgehead atoms. The van der Waals surface area contributed by atoms with Gasteiger partial charge in [-0.05, 0) is 61.2 Å². The van der Waals surface area contributed by atoms with Crippen LogP contribution in [0.2, 0.25) is 0 Å². The lowest BCUT2D eigenvalue weighted by molar-refractivity contribution is 0.102. The Labute approximate surface area is 187 Å². The van der Waals surface area contributed by atoms with Crippen LogP contribution in [0, 0.1) is 0 Å². The lowest BCUT2D eigenvalue weighted by atomic mass is 10.1. The highest BCUT2D eigenvalue weighted by molar-refractivity contribution is 7.99. The number of benzene rings is 2. The lowest BCUT2D eigenvalue weighted by Crippen LogP contribution is -2.22. The maximum Gasteiger partial charge on any atom is 0.267 e. The normalized spacial score (nSPS) is 12.8. The van der Waals surface area contributed by atoms with Gasteiger partial charge in [0.1, 0.15) is 10.6 Å². The molecule has 0 spiro atoms. The van der Waals surface area contributed by atoms with E-state index in [1.54, 1.807) is 47.3 Å². The minimum absolute atomic E-state index is 0.0183. The van der Waals surface area contributed by atoms with E-state index >= 15 is 0 Å². The number of hydrogen-bond acceptors (Lipinski definition) is 6. The number of ketones is 1. The molecule has 1 aliphatic carbocycles. The standard InChI is InChI=1S/C24H20N2O3S2/c1-29-17-12-10-15(11-13-17)19(27)14-30-24-25-22-21(18-8-5-9-20(18)31-22)23(28)26(24)16-6-3-2-4-7-16/h2-4,6-7,10-13H,5,8-9,14H2,1H3. The van der Waals surface area contributed by atoms with Crippen molar-refractivity contribution >= 4 is 39.1 Å². The molecule has 0 amide bonds. The third-order valence-corrected chi connectivity index (χ3v) is 7.59. The van der Waals surface area contributed by atoms with Gasteiger partial charge in [0.05, 0.1) is 23.9 Å². The third kappa shape index (κ3) is 3.68. The number of carbonyl (C=O) groups is 1. The van der Waals surface area contributed by atoms with E-state index in [4.69, 9.17) is 9.72 Å². The first-order valence-corrected chi connectivity index (χ1v) is 11.9. The molecule has 7 heteroatoms. The van der Waals surface area contributed by atoms with Crippen LogP contribution in [0.15, 0.2) is 64.5 Å². The van der Waals surface area contributed by atoms with Gasteiger partial charge >= 0.3 is 0 Å². The number of rotatable bonds is 6. The summed E-state index contributed by atoms with van der Waals surface area (Å²) in [5.41, 5.74) is 2.49. The highest BCUT2D eigenvalue weighted by Gasteiger charge is 2.24. The predicted octanol–water partition coefficient (Wildman–Crippen LogP) is 4.92. The van der Waals surface area contributed by atoms with Crippen molar-refractivity contribution in [3.8, 4) is 11.4 Å². The molecule has 0 aliphatic heterocycles. The van der Waals surface area contributed by atoms with Crippen molar-refractivity contribution in [2.24, 2.45) is 0 Å². The number of fused-ring (bicyclic) bond motifs is 3. The second-order valence-corrected chi connectivity index (χ2v) is 9.37. The molecule has 0 radical (unpaired) electrons. The molecule has 0 atom stereocenters. The molecule has 0 N–H and O–H groups in total. The zero-order valence-corrected chi connectivity index (χ0v) is 18.6. The van der Waals surface area contributed by atoms with E-state index in [0.29, 0.717) is 16.5 Å². The van der Waals surface area contributed by atoms with Crippen LogP contribution in [-0.2, 0) is 12.8 Å². The van der Waals surface area contributed by atoms with Gasteiger partial charge in [-0.3, -0.25) is 14.2 Å². The average molecular weight is 449 g/mol. The first-order chi connectivity index (χ1) is 15.2. The second kappa shape index (κ2) is 8.32. The number of aryl methyl sites for hydroxylation is 2. The van der Waals surface area contributed by atoms with Crippen molar-refractivity contribution in [1.82, 2.24) is 9.55 Å². The Kier molecular flexibility index (Phi) is 5.38. The van der Waals surface area contributed by atoms with Gasteiger partial charge in [0.2, 0.25) is 0 Å². The summed E-state index contributed by atoms with van der Waals surface area (Å²) in [6.07, 6.45) is 3.04. The minimum atomic E-state index is -0.0463. The Morgan fingerprint density at radius 3 is 2.65 bits per heavy atom. The Morgan fingerprint density at radius 1 is 1.13 bits per heavy atom. The highest BCUT2D eigenvalue weighted by atomic mass is 32.2. The minimum Gasteiger partial charge on any atom is -0.497 e. The summed E-state index contributed by atoms with van der Waals surface area (Å²) in [7, 11) is 1.60. The molecule has 0 unspecified atom stereocenters. The molecule has 0 saturated heterocycles. The highest BCUT2D eigenvalue weighted by Crippen LogP contribution is 2.36. The lowest BCUT2D eigenvalue weighted by Gasteiger charge is -2.12. The van der Waals surface area contributed by atoms with Gasteiger partial charge in [-0.1, -0.05) is 30.0 Å². The predicted molar refractivity (Wildman–Crippen MR) is 125 cm³/mol. The summed E-state index contributed by atoms with van der Waals surface area (Å²) in [4.78, 5) is 33.2. The number of carbonyl (C=O) groups excluding carboxylic acids is 1. The van der Waals surface area contributed by atoms with E-state index in [0.717, 1.165) is 40.7 Å². The van der Waals surface area contributed by atoms with Crippen LogP contribution in [0.3, 0.4) is 0 Å².